The lowest BCUT2D eigenvalue weighted by atomic mass is 9.98. The van der Waals surface area contributed by atoms with E-state index >= 15 is 0 Å². The molecule has 6 heteroatoms. The predicted molar refractivity (Wildman–Crippen MR) is 128 cm³/mol. The fourth-order valence-corrected chi connectivity index (χ4v) is 4.18. The topological polar surface area (TPSA) is 41.6 Å². The minimum atomic E-state index is -0.298. The number of benzene rings is 3. The number of hydrogen-bond acceptors (Lipinski definition) is 4. The molecule has 0 unspecified atom stereocenters. The summed E-state index contributed by atoms with van der Waals surface area (Å²) in [4.78, 5) is 15.9. The van der Waals surface area contributed by atoms with E-state index in [2.05, 4.69) is 22.8 Å². The molecule has 0 aliphatic carbocycles. The molecule has 0 atom stereocenters. The van der Waals surface area contributed by atoms with Gasteiger partial charge in [0, 0.05) is 47.4 Å². The SMILES string of the molecule is CCOc1cc(F)ccc1CN1CCCc2cc(C(=O)NCc3ccc(S)cc3)ccc21. The van der Waals surface area contributed by atoms with Crippen molar-refractivity contribution in [3.05, 3.63) is 88.7 Å². The molecule has 1 N–H and O–H groups in total. The van der Waals surface area contributed by atoms with Gasteiger partial charge in [-0.1, -0.05) is 18.2 Å². The summed E-state index contributed by atoms with van der Waals surface area (Å²) in [6, 6.07) is 18.3. The highest BCUT2D eigenvalue weighted by Crippen LogP contribution is 2.31. The molecule has 166 valence electrons. The number of fused-ring (bicyclic) bond motifs is 1. The van der Waals surface area contributed by atoms with Crippen LogP contribution in [0.2, 0.25) is 0 Å². The maximum absolute atomic E-state index is 13.7. The van der Waals surface area contributed by atoms with Gasteiger partial charge >= 0.3 is 0 Å². The van der Waals surface area contributed by atoms with Crippen LogP contribution in [0, 0.1) is 5.82 Å². The Bertz CT molecular complexity index is 1100. The zero-order chi connectivity index (χ0) is 22.5. The van der Waals surface area contributed by atoms with Crippen LogP contribution in [0.4, 0.5) is 10.1 Å². The first-order chi connectivity index (χ1) is 15.5. The van der Waals surface area contributed by atoms with Gasteiger partial charge in [0.2, 0.25) is 0 Å². The number of nitrogens with zero attached hydrogens (tertiary/aromatic N) is 1. The molecule has 4 rings (SSSR count). The number of anilines is 1. The molecule has 0 saturated heterocycles. The molecule has 1 heterocycles. The monoisotopic (exact) mass is 450 g/mol. The van der Waals surface area contributed by atoms with Crippen molar-refractivity contribution in [1.29, 1.82) is 0 Å². The molecule has 0 bridgehead atoms. The summed E-state index contributed by atoms with van der Waals surface area (Å²) in [5.41, 5.74) is 4.92. The van der Waals surface area contributed by atoms with Gasteiger partial charge < -0.3 is 15.0 Å². The van der Waals surface area contributed by atoms with Crippen molar-refractivity contribution in [2.24, 2.45) is 0 Å². The van der Waals surface area contributed by atoms with Crippen molar-refractivity contribution in [3.8, 4) is 5.75 Å². The molecule has 3 aromatic carbocycles. The summed E-state index contributed by atoms with van der Waals surface area (Å²) >= 11 is 4.29. The number of amides is 1. The molecule has 1 aliphatic heterocycles. The van der Waals surface area contributed by atoms with Crippen LogP contribution in [0.15, 0.2) is 65.6 Å². The third-order valence-corrected chi connectivity index (χ3v) is 5.93. The summed E-state index contributed by atoms with van der Waals surface area (Å²) in [5.74, 6) is 0.201. The number of hydrogen-bond donors (Lipinski definition) is 2. The molecular formula is C26H27FN2O2S. The van der Waals surface area contributed by atoms with E-state index in [1.165, 1.54) is 12.1 Å². The van der Waals surface area contributed by atoms with Crippen LogP contribution in [0.1, 0.15) is 40.4 Å². The minimum Gasteiger partial charge on any atom is -0.493 e. The van der Waals surface area contributed by atoms with Gasteiger partial charge in [0.1, 0.15) is 11.6 Å². The Morgan fingerprint density at radius 1 is 1.12 bits per heavy atom. The van der Waals surface area contributed by atoms with Gasteiger partial charge in [0.25, 0.3) is 5.91 Å². The number of thiol groups is 1. The van der Waals surface area contributed by atoms with Gasteiger partial charge in [-0.05, 0) is 67.3 Å². The van der Waals surface area contributed by atoms with Gasteiger partial charge in [-0.25, -0.2) is 4.39 Å². The lowest BCUT2D eigenvalue weighted by Gasteiger charge is -2.32. The lowest BCUT2D eigenvalue weighted by Crippen LogP contribution is -2.30. The fraction of sp³-hybridized carbons (Fsp3) is 0.269. The van der Waals surface area contributed by atoms with Crippen LogP contribution in [-0.2, 0) is 19.5 Å². The standard InChI is InChI=1S/C26H27FN2O2S/c1-2-31-25-15-22(27)9-7-21(25)17-29-13-3-4-19-14-20(8-12-24(19)29)26(30)28-16-18-5-10-23(32)11-6-18/h5-12,14-15,32H,2-4,13,16-17H2,1H3,(H,28,30). The van der Waals surface area contributed by atoms with E-state index in [-0.39, 0.29) is 11.7 Å². The summed E-state index contributed by atoms with van der Waals surface area (Å²) < 4.78 is 19.3. The highest BCUT2D eigenvalue weighted by atomic mass is 32.1. The van der Waals surface area contributed by atoms with E-state index in [0.717, 1.165) is 46.7 Å². The molecule has 4 nitrogen and oxygen atoms in total. The molecule has 0 fully saturated rings. The second kappa shape index (κ2) is 10.1. The van der Waals surface area contributed by atoms with Crippen molar-refractivity contribution in [1.82, 2.24) is 5.32 Å². The Hall–Kier alpha value is -2.99. The van der Waals surface area contributed by atoms with Crippen molar-refractivity contribution < 1.29 is 13.9 Å². The molecule has 0 spiro atoms. The Labute approximate surface area is 193 Å². The van der Waals surface area contributed by atoms with Crippen molar-refractivity contribution in [3.63, 3.8) is 0 Å². The normalized spacial score (nSPS) is 12.9. The van der Waals surface area contributed by atoms with Crippen molar-refractivity contribution in [2.75, 3.05) is 18.1 Å². The number of carbonyl (C=O) groups is 1. The number of rotatable bonds is 7. The first kappa shape index (κ1) is 22.2. The first-order valence-electron chi connectivity index (χ1n) is 10.9. The number of ether oxygens (including phenoxy) is 1. The number of carbonyl (C=O) groups excluding carboxylic acids is 1. The highest BCUT2D eigenvalue weighted by Gasteiger charge is 2.20. The largest absolute Gasteiger partial charge is 0.493 e. The zero-order valence-corrected chi connectivity index (χ0v) is 19.0. The Morgan fingerprint density at radius 3 is 2.72 bits per heavy atom. The third kappa shape index (κ3) is 5.25. The Kier molecular flexibility index (Phi) is 7.00. The third-order valence-electron chi connectivity index (χ3n) is 5.64. The van der Waals surface area contributed by atoms with Gasteiger partial charge in [-0.15, -0.1) is 12.6 Å². The van der Waals surface area contributed by atoms with Gasteiger partial charge in [-0.3, -0.25) is 4.79 Å². The first-order valence-corrected chi connectivity index (χ1v) is 11.3. The highest BCUT2D eigenvalue weighted by molar-refractivity contribution is 7.80. The van der Waals surface area contributed by atoms with Gasteiger partial charge in [0.15, 0.2) is 0 Å². The molecule has 0 aromatic heterocycles. The molecular weight excluding hydrogens is 423 g/mol. The number of aryl methyl sites for hydroxylation is 1. The maximum atomic E-state index is 13.7. The van der Waals surface area contributed by atoms with Crippen LogP contribution in [-0.4, -0.2) is 19.1 Å². The zero-order valence-electron chi connectivity index (χ0n) is 18.1. The Balaban J connectivity index is 1.48. The minimum absolute atomic E-state index is 0.0861. The van der Waals surface area contributed by atoms with E-state index in [1.807, 2.05) is 49.4 Å². The van der Waals surface area contributed by atoms with Crippen LogP contribution in [0.3, 0.4) is 0 Å². The molecule has 3 aromatic rings. The van der Waals surface area contributed by atoms with E-state index in [0.29, 0.717) is 31.0 Å². The fourth-order valence-electron chi connectivity index (χ4n) is 4.03. The van der Waals surface area contributed by atoms with E-state index in [4.69, 9.17) is 4.74 Å². The van der Waals surface area contributed by atoms with E-state index in [9.17, 15) is 9.18 Å². The molecule has 0 saturated carbocycles. The summed E-state index contributed by atoms with van der Waals surface area (Å²) in [6.45, 7) is 4.40. The maximum Gasteiger partial charge on any atom is 0.251 e. The van der Waals surface area contributed by atoms with Gasteiger partial charge in [0.05, 0.1) is 6.61 Å². The van der Waals surface area contributed by atoms with Crippen LogP contribution < -0.4 is 15.0 Å². The van der Waals surface area contributed by atoms with E-state index < -0.39 is 0 Å². The average Bonchev–Trinajstić information content (AvgIpc) is 2.80. The predicted octanol–water partition coefficient (Wildman–Crippen LogP) is 5.40. The van der Waals surface area contributed by atoms with Crippen molar-refractivity contribution in [2.45, 2.75) is 37.8 Å². The summed E-state index contributed by atoms with van der Waals surface area (Å²) in [7, 11) is 0. The smallest absolute Gasteiger partial charge is 0.251 e. The Morgan fingerprint density at radius 2 is 1.94 bits per heavy atom. The second-order valence-corrected chi connectivity index (χ2v) is 8.42. The molecule has 1 amide bonds. The lowest BCUT2D eigenvalue weighted by molar-refractivity contribution is 0.0951. The average molecular weight is 451 g/mol. The molecule has 32 heavy (non-hydrogen) atoms. The van der Waals surface area contributed by atoms with Crippen molar-refractivity contribution >= 4 is 24.2 Å². The number of nitrogens with one attached hydrogen (secondary N) is 1. The summed E-state index contributed by atoms with van der Waals surface area (Å²) in [5, 5.41) is 2.99. The molecule has 1 aliphatic rings. The van der Waals surface area contributed by atoms with E-state index in [1.54, 1.807) is 6.07 Å². The van der Waals surface area contributed by atoms with Gasteiger partial charge in [-0.2, -0.15) is 0 Å². The quantitative estimate of drug-likeness (QED) is 0.474. The van der Waals surface area contributed by atoms with Crippen LogP contribution in [0.25, 0.3) is 0 Å². The van der Waals surface area contributed by atoms with Crippen LogP contribution in [0.5, 0.6) is 5.75 Å². The second-order valence-electron chi connectivity index (χ2n) is 7.90. The summed E-state index contributed by atoms with van der Waals surface area (Å²) in [6.07, 6.45) is 1.93. The molecule has 0 radical (unpaired) electrons. The number of halogens is 1. The van der Waals surface area contributed by atoms with Crippen LogP contribution >= 0.6 is 12.6 Å².